The van der Waals surface area contributed by atoms with E-state index in [1.807, 2.05) is 60.7 Å². The summed E-state index contributed by atoms with van der Waals surface area (Å²) in [5.74, 6) is 4.39. The van der Waals surface area contributed by atoms with Gasteiger partial charge in [0.05, 0.1) is 26.3 Å². The molecule has 0 radical (unpaired) electrons. The summed E-state index contributed by atoms with van der Waals surface area (Å²) in [7, 11) is 0. The maximum atomic E-state index is 6.11. The molecule has 0 amide bonds. The second-order valence-electron chi connectivity index (χ2n) is 8.78. The number of aliphatic imine (C=N–C) groups is 2. The number of hydrogen-bond donors (Lipinski definition) is 2. The van der Waals surface area contributed by atoms with Crippen molar-refractivity contribution in [1.82, 2.24) is 10.6 Å². The van der Waals surface area contributed by atoms with Crippen molar-refractivity contribution in [3.8, 4) is 22.8 Å². The van der Waals surface area contributed by atoms with Crippen LogP contribution >= 0.6 is 0 Å². The van der Waals surface area contributed by atoms with Gasteiger partial charge in [-0.1, -0.05) is 12.1 Å². The number of nitrogens with zero attached hydrogens (tertiary/aromatic N) is 2. The second-order valence-corrected chi connectivity index (χ2v) is 8.78. The lowest BCUT2D eigenvalue weighted by molar-refractivity contribution is 0.247. The highest BCUT2D eigenvalue weighted by molar-refractivity contribution is 6.02. The predicted octanol–water partition coefficient (Wildman–Crippen LogP) is 4.65. The van der Waals surface area contributed by atoms with E-state index in [9.17, 15) is 0 Å². The van der Waals surface area contributed by atoms with Gasteiger partial charge in [0.1, 0.15) is 34.5 Å². The summed E-state index contributed by atoms with van der Waals surface area (Å²) < 4.78 is 18.0. The van der Waals surface area contributed by atoms with E-state index >= 15 is 0 Å². The number of benzene rings is 3. The molecule has 0 fully saturated rings. The zero-order valence-corrected chi connectivity index (χ0v) is 20.0. The largest absolute Gasteiger partial charge is 0.493 e. The van der Waals surface area contributed by atoms with Gasteiger partial charge in [-0.3, -0.25) is 9.98 Å². The maximum absolute atomic E-state index is 6.11. The van der Waals surface area contributed by atoms with Gasteiger partial charge in [0.25, 0.3) is 0 Å². The van der Waals surface area contributed by atoms with E-state index in [4.69, 9.17) is 13.9 Å². The lowest BCUT2D eigenvalue weighted by Crippen LogP contribution is -2.19. The van der Waals surface area contributed by atoms with Crippen molar-refractivity contribution < 1.29 is 13.9 Å². The summed E-state index contributed by atoms with van der Waals surface area (Å²) in [5.41, 5.74) is 4.02. The molecule has 0 aliphatic carbocycles. The Hall–Kier alpha value is -4.26. The molecule has 4 aromatic rings. The molecule has 7 heteroatoms. The van der Waals surface area contributed by atoms with Crippen molar-refractivity contribution in [2.24, 2.45) is 9.98 Å². The first-order valence-corrected chi connectivity index (χ1v) is 12.4. The minimum absolute atomic E-state index is 0.570. The number of nitrogens with one attached hydrogen (secondary N) is 2. The zero-order chi connectivity index (χ0) is 24.2. The van der Waals surface area contributed by atoms with Crippen LogP contribution in [-0.4, -0.2) is 51.1 Å². The van der Waals surface area contributed by atoms with Crippen LogP contribution in [0.15, 0.2) is 87.2 Å². The third kappa shape index (κ3) is 4.91. The smallest absolute Gasteiger partial charge is 0.135 e. The molecule has 182 valence electrons. The Balaban J connectivity index is 1.03. The molecule has 0 saturated carbocycles. The second kappa shape index (κ2) is 10.2. The van der Waals surface area contributed by atoms with Crippen molar-refractivity contribution in [2.45, 2.75) is 6.42 Å². The van der Waals surface area contributed by atoms with Gasteiger partial charge in [-0.25, -0.2) is 0 Å². The summed E-state index contributed by atoms with van der Waals surface area (Å²) in [6.45, 7) is 4.62. The summed E-state index contributed by atoms with van der Waals surface area (Å²) in [6, 6.07) is 24.3. The minimum atomic E-state index is 0.570. The highest BCUT2D eigenvalue weighted by Gasteiger charge is 2.12. The molecule has 0 spiro atoms. The number of furan rings is 1. The molecule has 1 aromatic heterocycles. The van der Waals surface area contributed by atoms with Crippen LogP contribution in [-0.2, 0) is 0 Å². The van der Waals surface area contributed by atoms with Gasteiger partial charge < -0.3 is 24.5 Å². The molecule has 2 aliphatic heterocycles. The lowest BCUT2D eigenvalue weighted by atomic mass is 10.1. The Morgan fingerprint density at radius 1 is 0.694 bits per heavy atom. The fraction of sp³-hybridized carbons (Fsp3) is 0.241. The van der Waals surface area contributed by atoms with Crippen LogP contribution in [0.25, 0.3) is 22.3 Å². The van der Waals surface area contributed by atoms with Crippen LogP contribution in [0.3, 0.4) is 0 Å². The summed E-state index contributed by atoms with van der Waals surface area (Å²) in [6.07, 6.45) is 0.783. The topological polar surface area (TPSA) is 80.4 Å². The minimum Gasteiger partial charge on any atom is -0.493 e. The molecule has 0 atom stereocenters. The van der Waals surface area contributed by atoms with Gasteiger partial charge in [-0.2, -0.15) is 0 Å². The van der Waals surface area contributed by atoms with Gasteiger partial charge in [-0.05, 0) is 60.7 Å². The van der Waals surface area contributed by atoms with Crippen LogP contribution in [0.5, 0.6) is 11.5 Å². The Morgan fingerprint density at radius 2 is 1.42 bits per heavy atom. The molecule has 36 heavy (non-hydrogen) atoms. The number of rotatable bonds is 9. The van der Waals surface area contributed by atoms with Crippen LogP contribution < -0.4 is 20.1 Å². The predicted molar refractivity (Wildman–Crippen MR) is 143 cm³/mol. The van der Waals surface area contributed by atoms with Gasteiger partial charge >= 0.3 is 0 Å². The van der Waals surface area contributed by atoms with Crippen molar-refractivity contribution >= 4 is 22.6 Å². The molecule has 0 unspecified atom stereocenters. The van der Waals surface area contributed by atoms with E-state index in [-0.39, 0.29) is 0 Å². The average Bonchev–Trinajstić information content (AvgIpc) is 3.70. The highest BCUT2D eigenvalue weighted by atomic mass is 16.5. The first-order valence-electron chi connectivity index (χ1n) is 12.4. The van der Waals surface area contributed by atoms with E-state index in [1.165, 1.54) is 0 Å². The number of ether oxygens (including phenoxy) is 2. The molecule has 3 heterocycles. The normalized spacial score (nSPS) is 14.8. The molecule has 7 nitrogen and oxygen atoms in total. The standard InChI is InChI=1S/C29H28N4O3/c1-3-21(27-19-23-17-22(7-10-26(23)36-27)29-32-13-14-33-29)18-25(4-1)35-16-2-15-34-24-8-5-20(6-9-24)28-30-11-12-31-28/h1,3-10,17-19H,2,11-16H2,(H,30,31)(H,32,33). The zero-order valence-electron chi connectivity index (χ0n) is 20.0. The molecule has 2 N–H and O–H groups in total. The Morgan fingerprint density at radius 3 is 2.17 bits per heavy atom. The summed E-state index contributed by atoms with van der Waals surface area (Å²) in [5, 5.41) is 7.66. The third-order valence-electron chi connectivity index (χ3n) is 6.21. The van der Waals surface area contributed by atoms with Gasteiger partial charge in [-0.15, -0.1) is 0 Å². The van der Waals surface area contributed by atoms with Crippen molar-refractivity contribution in [1.29, 1.82) is 0 Å². The molecular weight excluding hydrogens is 452 g/mol. The Labute approximate surface area is 209 Å². The highest BCUT2D eigenvalue weighted by Crippen LogP contribution is 2.30. The summed E-state index contributed by atoms with van der Waals surface area (Å²) >= 11 is 0. The van der Waals surface area contributed by atoms with Gasteiger partial charge in [0.2, 0.25) is 0 Å². The number of fused-ring (bicyclic) bond motifs is 1. The molecule has 0 bridgehead atoms. The van der Waals surface area contributed by atoms with Crippen LogP contribution in [0.2, 0.25) is 0 Å². The first kappa shape index (κ1) is 22.2. The van der Waals surface area contributed by atoms with Gasteiger partial charge in [0.15, 0.2) is 0 Å². The van der Waals surface area contributed by atoms with E-state index in [1.54, 1.807) is 0 Å². The molecule has 3 aromatic carbocycles. The summed E-state index contributed by atoms with van der Waals surface area (Å²) in [4.78, 5) is 8.95. The lowest BCUT2D eigenvalue weighted by Gasteiger charge is -2.09. The SMILES string of the molecule is c1cc(OCCCOc2ccc(C3=NCCN3)cc2)cc(-c2cc3cc(C4=NCCN4)ccc3o2)c1. The first-order chi connectivity index (χ1) is 17.8. The number of amidine groups is 2. The fourth-order valence-electron chi connectivity index (χ4n) is 4.40. The quantitative estimate of drug-likeness (QED) is 0.341. The molecule has 0 saturated heterocycles. The van der Waals surface area contributed by atoms with Crippen molar-refractivity contribution in [2.75, 3.05) is 39.4 Å². The molecule has 2 aliphatic rings. The van der Waals surface area contributed by atoms with E-state index in [2.05, 4.69) is 32.8 Å². The number of hydrogen-bond acceptors (Lipinski definition) is 7. The van der Waals surface area contributed by atoms with Crippen LogP contribution in [0.1, 0.15) is 17.5 Å². The Kier molecular flexibility index (Phi) is 6.27. The Bertz CT molecular complexity index is 1420. The maximum Gasteiger partial charge on any atom is 0.135 e. The fourth-order valence-corrected chi connectivity index (χ4v) is 4.40. The van der Waals surface area contributed by atoms with E-state index < -0.39 is 0 Å². The van der Waals surface area contributed by atoms with Crippen LogP contribution in [0, 0.1) is 0 Å². The monoisotopic (exact) mass is 480 g/mol. The third-order valence-corrected chi connectivity index (χ3v) is 6.21. The molecular formula is C29H28N4O3. The van der Waals surface area contributed by atoms with Crippen LogP contribution in [0.4, 0.5) is 0 Å². The van der Waals surface area contributed by atoms with E-state index in [0.29, 0.717) is 13.2 Å². The average molecular weight is 481 g/mol. The van der Waals surface area contributed by atoms with Crippen molar-refractivity contribution in [3.63, 3.8) is 0 Å². The van der Waals surface area contributed by atoms with Crippen molar-refractivity contribution in [3.05, 3.63) is 83.9 Å². The van der Waals surface area contributed by atoms with E-state index in [0.717, 1.165) is 89.2 Å². The molecule has 6 rings (SSSR count). The van der Waals surface area contributed by atoms with Gasteiger partial charge in [0, 0.05) is 41.6 Å².